The summed E-state index contributed by atoms with van der Waals surface area (Å²) in [6, 6.07) is 8.18. The number of aliphatic carboxylic acids is 2. The van der Waals surface area contributed by atoms with Crippen molar-refractivity contribution in [1.29, 1.82) is 0 Å². The molecular formula is C22H25F6N5O4. The van der Waals surface area contributed by atoms with E-state index in [-0.39, 0.29) is 0 Å². The number of anilines is 2. The van der Waals surface area contributed by atoms with E-state index in [1.165, 1.54) is 19.3 Å². The summed E-state index contributed by atoms with van der Waals surface area (Å²) in [6.07, 6.45) is -2.76. The monoisotopic (exact) mass is 537 g/mol. The number of rotatable bonds is 2. The molecule has 9 nitrogen and oxygen atoms in total. The number of alkyl halides is 6. The highest BCUT2D eigenvalue weighted by atomic mass is 19.4. The standard InChI is InChI=1S/C18H23N5.2C2HF3O2/c1-15-5-2-6-16(21-15)22-12-8-18(13-22)7-3-11-23(14-18)17-19-9-4-10-20-17;2*3-2(4,5)1(6)7/h2,4-6,9-10H,3,7-8,11-14H2,1H3;2*(H,6,7). The van der Waals surface area contributed by atoms with Crippen molar-refractivity contribution >= 4 is 23.7 Å². The minimum atomic E-state index is -5.08. The predicted molar refractivity (Wildman–Crippen MR) is 119 cm³/mol. The lowest BCUT2D eigenvalue weighted by atomic mass is 9.79. The molecule has 2 fully saturated rings. The fourth-order valence-electron chi connectivity index (χ4n) is 4.00. The molecule has 0 aromatic carbocycles. The van der Waals surface area contributed by atoms with Gasteiger partial charge in [-0.2, -0.15) is 26.3 Å². The van der Waals surface area contributed by atoms with Crippen molar-refractivity contribution in [3.8, 4) is 0 Å². The summed E-state index contributed by atoms with van der Waals surface area (Å²) in [5, 5.41) is 14.2. The molecule has 2 saturated heterocycles. The molecule has 0 saturated carbocycles. The van der Waals surface area contributed by atoms with Gasteiger partial charge in [0.25, 0.3) is 0 Å². The van der Waals surface area contributed by atoms with E-state index in [1.54, 1.807) is 0 Å². The van der Waals surface area contributed by atoms with Crippen LogP contribution in [0.4, 0.5) is 38.1 Å². The molecule has 0 bridgehead atoms. The number of hydrogen-bond acceptors (Lipinski definition) is 7. The van der Waals surface area contributed by atoms with Gasteiger partial charge in [-0.3, -0.25) is 0 Å². The first-order valence-electron chi connectivity index (χ1n) is 10.9. The summed E-state index contributed by atoms with van der Waals surface area (Å²) in [5.41, 5.74) is 1.44. The first-order chi connectivity index (χ1) is 17.1. The molecule has 4 rings (SSSR count). The lowest BCUT2D eigenvalue weighted by molar-refractivity contribution is -0.193. The van der Waals surface area contributed by atoms with Crippen molar-refractivity contribution in [2.75, 3.05) is 36.0 Å². The van der Waals surface area contributed by atoms with Crippen LogP contribution in [-0.2, 0) is 9.59 Å². The number of carboxylic acids is 2. The molecule has 1 spiro atoms. The van der Waals surface area contributed by atoms with Gasteiger partial charge in [-0.25, -0.2) is 24.5 Å². The molecule has 2 aromatic rings. The zero-order valence-corrected chi connectivity index (χ0v) is 19.6. The average molecular weight is 537 g/mol. The molecular weight excluding hydrogens is 512 g/mol. The molecule has 37 heavy (non-hydrogen) atoms. The van der Waals surface area contributed by atoms with Crippen LogP contribution in [0, 0.1) is 12.3 Å². The Balaban J connectivity index is 0.000000286. The van der Waals surface area contributed by atoms with Gasteiger partial charge in [0, 0.05) is 49.7 Å². The number of pyridine rings is 1. The maximum absolute atomic E-state index is 10.6. The largest absolute Gasteiger partial charge is 0.490 e. The number of nitrogens with zero attached hydrogens (tertiary/aromatic N) is 5. The lowest BCUT2D eigenvalue weighted by Gasteiger charge is -2.40. The van der Waals surface area contributed by atoms with Gasteiger partial charge in [-0.05, 0) is 44.4 Å². The highest BCUT2D eigenvalue weighted by Crippen LogP contribution is 2.40. The Hall–Kier alpha value is -3.65. The third-order valence-electron chi connectivity index (χ3n) is 5.62. The minimum absolute atomic E-state index is 0.350. The highest BCUT2D eigenvalue weighted by Gasteiger charge is 2.42. The van der Waals surface area contributed by atoms with Crippen molar-refractivity contribution in [1.82, 2.24) is 15.0 Å². The van der Waals surface area contributed by atoms with Gasteiger partial charge in [-0.1, -0.05) is 6.07 Å². The van der Waals surface area contributed by atoms with Gasteiger partial charge >= 0.3 is 24.3 Å². The van der Waals surface area contributed by atoms with E-state index in [0.717, 1.165) is 43.6 Å². The molecule has 1 atom stereocenters. The first kappa shape index (κ1) is 29.6. The topological polar surface area (TPSA) is 120 Å². The molecule has 1 unspecified atom stereocenters. The molecule has 2 N–H and O–H groups in total. The Kier molecular flexibility index (Phi) is 9.64. The number of hydrogen-bond donors (Lipinski definition) is 2. The quantitative estimate of drug-likeness (QED) is 0.549. The molecule has 2 aliphatic rings. The SMILES string of the molecule is Cc1cccc(N2CCC3(CCCN(c4ncccn4)C3)C2)n1.O=C(O)C(F)(F)F.O=C(O)C(F)(F)F. The molecule has 4 heterocycles. The maximum atomic E-state index is 10.6. The van der Waals surface area contributed by atoms with Crippen LogP contribution in [0.25, 0.3) is 0 Å². The Bertz CT molecular complexity index is 1030. The number of aryl methyl sites for hydroxylation is 1. The summed E-state index contributed by atoms with van der Waals surface area (Å²) in [4.78, 5) is 36.2. The zero-order valence-electron chi connectivity index (χ0n) is 19.6. The van der Waals surface area contributed by atoms with Crippen molar-refractivity contribution < 1.29 is 46.1 Å². The van der Waals surface area contributed by atoms with Crippen LogP contribution in [0.15, 0.2) is 36.7 Å². The van der Waals surface area contributed by atoms with Crippen molar-refractivity contribution in [3.63, 3.8) is 0 Å². The van der Waals surface area contributed by atoms with Crippen LogP contribution in [0.5, 0.6) is 0 Å². The van der Waals surface area contributed by atoms with Gasteiger partial charge in [-0.15, -0.1) is 0 Å². The van der Waals surface area contributed by atoms with E-state index >= 15 is 0 Å². The van der Waals surface area contributed by atoms with Gasteiger partial charge in [0.05, 0.1) is 0 Å². The second-order valence-corrected chi connectivity index (χ2v) is 8.49. The molecule has 15 heteroatoms. The summed E-state index contributed by atoms with van der Waals surface area (Å²) in [6.45, 7) is 6.37. The van der Waals surface area contributed by atoms with Crippen LogP contribution in [0.2, 0.25) is 0 Å². The number of piperidine rings is 1. The second-order valence-electron chi connectivity index (χ2n) is 8.49. The Labute approximate surface area is 207 Å². The summed E-state index contributed by atoms with van der Waals surface area (Å²) < 4.78 is 63.5. The molecule has 0 aliphatic carbocycles. The summed E-state index contributed by atoms with van der Waals surface area (Å²) in [5.74, 6) is -3.52. The van der Waals surface area contributed by atoms with E-state index in [2.05, 4.69) is 44.9 Å². The Morgan fingerprint density at radius 3 is 1.92 bits per heavy atom. The van der Waals surface area contributed by atoms with Crippen LogP contribution in [0.3, 0.4) is 0 Å². The normalized spacial score (nSPS) is 19.4. The van der Waals surface area contributed by atoms with E-state index in [4.69, 9.17) is 24.8 Å². The smallest absolute Gasteiger partial charge is 0.475 e. The van der Waals surface area contributed by atoms with Crippen LogP contribution >= 0.6 is 0 Å². The average Bonchev–Trinajstić information content (AvgIpc) is 3.22. The predicted octanol–water partition coefficient (Wildman–Crippen LogP) is 3.94. The maximum Gasteiger partial charge on any atom is 0.490 e. The van der Waals surface area contributed by atoms with Crippen molar-refractivity contribution in [2.24, 2.45) is 5.41 Å². The molecule has 204 valence electrons. The zero-order chi connectivity index (χ0) is 27.9. The lowest BCUT2D eigenvalue weighted by Crippen LogP contribution is -2.45. The molecule has 0 radical (unpaired) electrons. The van der Waals surface area contributed by atoms with E-state index in [9.17, 15) is 26.3 Å². The highest BCUT2D eigenvalue weighted by molar-refractivity contribution is 5.73. The van der Waals surface area contributed by atoms with E-state index in [0.29, 0.717) is 5.41 Å². The molecule has 0 amide bonds. The van der Waals surface area contributed by atoms with Gasteiger partial charge < -0.3 is 20.0 Å². The number of halogens is 6. The Morgan fingerprint density at radius 2 is 1.41 bits per heavy atom. The van der Waals surface area contributed by atoms with Crippen molar-refractivity contribution in [2.45, 2.75) is 38.5 Å². The fourth-order valence-corrected chi connectivity index (χ4v) is 4.00. The summed E-state index contributed by atoms with van der Waals surface area (Å²) in [7, 11) is 0. The van der Waals surface area contributed by atoms with Gasteiger partial charge in [0.2, 0.25) is 5.95 Å². The second kappa shape index (κ2) is 12.1. The molecule has 2 aliphatic heterocycles. The minimum Gasteiger partial charge on any atom is -0.475 e. The van der Waals surface area contributed by atoms with Crippen LogP contribution < -0.4 is 9.80 Å². The third-order valence-corrected chi connectivity index (χ3v) is 5.62. The number of aromatic nitrogens is 3. The van der Waals surface area contributed by atoms with E-state index < -0.39 is 24.3 Å². The van der Waals surface area contributed by atoms with E-state index in [1.807, 2.05) is 18.5 Å². The van der Waals surface area contributed by atoms with Gasteiger partial charge in [0.1, 0.15) is 5.82 Å². The first-order valence-corrected chi connectivity index (χ1v) is 10.9. The molecule has 2 aromatic heterocycles. The number of carbonyl (C=O) groups is 2. The Morgan fingerprint density at radius 1 is 0.865 bits per heavy atom. The van der Waals surface area contributed by atoms with Crippen LogP contribution in [-0.4, -0.2) is 75.6 Å². The third kappa shape index (κ3) is 9.06. The van der Waals surface area contributed by atoms with Crippen LogP contribution in [0.1, 0.15) is 25.0 Å². The van der Waals surface area contributed by atoms with Gasteiger partial charge in [0.15, 0.2) is 0 Å². The number of carboxylic acid groups (broad SMARTS) is 2. The van der Waals surface area contributed by atoms with Crippen molar-refractivity contribution in [3.05, 3.63) is 42.4 Å². The summed E-state index contributed by atoms with van der Waals surface area (Å²) >= 11 is 0. The fraction of sp³-hybridized carbons (Fsp3) is 0.500.